The summed E-state index contributed by atoms with van der Waals surface area (Å²) in [6.45, 7) is 6.92. The van der Waals surface area contributed by atoms with Gasteiger partial charge in [-0.15, -0.1) is 11.8 Å². The van der Waals surface area contributed by atoms with Crippen molar-refractivity contribution in [2.75, 3.05) is 6.26 Å². The number of fused-ring (bicyclic) bond motifs is 1. The van der Waals surface area contributed by atoms with Crippen LogP contribution in [0.5, 0.6) is 5.75 Å². The maximum Gasteiger partial charge on any atom is 0.347 e. The number of thioether (sulfide) groups is 1. The Labute approximate surface area is 192 Å². The highest BCUT2D eigenvalue weighted by atomic mass is 32.2. The van der Waals surface area contributed by atoms with Crippen molar-refractivity contribution in [1.29, 1.82) is 0 Å². The number of hydrogen-bond acceptors (Lipinski definition) is 5. The number of Topliss-reactive ketones (excluding diaryl/α,β-unsaturated/α-hetero) is 1. The Kier molecular flexibility index (Phi) is 5.76. The van der Waals surface area contributed by atoms with Crippen LogP contribution >= 0.6 is 11.8 Å². The molecule has 1 N–H and O–H groups in total. The number of pyridine rings is 1. The van der Waals surface area contributed by atoms with Crippen LogP contribution in [-0.2, 0) is 4.79 Å². The zero-order chi connectivity index (χ0) is 23.2. The third kappa shape index (κ3) is 4.11. The Morgan fingerprint density at radius 3 is 2.41 bits per heavy atom. The number of carboxylic acid groups (broad SMARTS) is 1. The summed E-state index contributed by atoms with van der Waals surface area (Å²) in [5.41, 5.74) is 3.13. The molecule has 4 rings (SSSR count). The molecule has 1 aliphatic rings. The van der Waals surface area contributed by atoms with Crippen LogP contribution in [0.4, 0.5) is 0 Å². The minimum Gasteiger partial charge on any atom is -0.478 e. The van der Waals surface area contributed by atoms with Crippen LogP contribution in [0.1, 0.15) is 53.2 Å². The molecule has 6 heteroatoms. The summed E-state index contributed by atoms with van der Waals surface area (Å²) in [6.07, 6.45) is 2.75. The van der Waals surface area contributed by atoms with Gasteiger partial charge in [0, 0.05) is 11.3 Å². The van der Waals surface area contributed by atoms with Crippen LogP contribution in [0.25, 0.3) is 10.9 Å². The van der Waals surface area contributed by atoms with E-state index in [9.17, 15) is 14.7 Å². The molecule has 1 fully saturated rings. The number of rotatable bonds is 7. The summed E-state index contributed by atoms with van der Waals surface area (Å²) >= 11 is 1.50. The monoisotopic (exact) mass is 449 g/mol. The Morgan fingerprint density at radius 2 is 1.78 bits per heavy atom. The first kappa shape index (κ1) is 22.3. The summed E-state index contributed by atoms with van der Waals surface area (Å²) in [4.78, 5) is 29.5. The van der Waals surface area contributed by atoms with Crippen LogP contribution < -0.4 is 4.74 Å². The predicted octanol–water partition coefficient (Wildman–Crippen LogP) is 5.80. The number of nitrogens with zero attached hydrogens (tertiary/aromatic N) is 1. The van der Waals surface area contributed by atoms with Gasteiger partial charge in [-0.2, -0.15) is 0 Å². The molecule has 32 heavy (non-hydrogen) atoms. The molecule has 5 nitrogen and oxygen atoms in total. The molecule has 1 saturated carbocycles. The van der Waals surface area contributed by atoms with Crippen LogP contribution in [0.15, 0.2) is 47.5 Å². The van der Waals surface area contributed by atoms with E-state index in [0.29, 0.717) is 11.3 Å². The number of carbonyl (C=O) groups is 2. The largest absolute Gasteiger partial charge is 0.478 e. The first-order chi connectivity index (χ1) is 15.1. The van der Waals surface area contributed by atoms with Crippen molar-refractivity contribution in [2.45, 2.75) is 50.7 Å². The summed E-state index contributed by atoms with van der Waals surface area (Å²) in [5, 5.41) is 11.1. The number of aliphatic carboxylic acids is 1. The Hall–Kier alpha value is -2.86. The number of carboxylic acids is 1. The molecule has 0 amide bonds. The van der Waals surface area contributed by atoms with Crippen molar-refractivity contribution < 1.29 is 19.4 Å². The van der Waals surface area contributed by atoms with Crippen molar-refractivity contribution in [3.05, 3.63) is 64.7 Å². The first-order valence-electron chi connectivity index (χ1n) is 10.6. The Bertz CT molecular complexity index is 1210. The smallest absolute Gasteiger partial charge is 0.347 e. The zero-order valence-electron chi connectivity index (χ0n) is 18.9. The summed E-state index contributed by atoms with van der Waals surface area (Å²) in [6, 6.07) is 13.9. The second-order valence-electron chi connectivity index (χ2n) is 8.95. The van der Waals surface area contributed by atoms with Crippen LogP contribution in [0.2, 0.25) is 0 Å². The lowest BCUT2D eigenvalue weighted by Gasteiger charge is -2.24. The van der Waals surface area contributed by atoms with Crippen molar-refractivity contribution >= 4 is 34.4 Å². The van der Waals surface area contributed by atoms with Gasteiger partial charge in [0.2, 0.25) is 0 Å². The number of benzene rings is 2. The topological polar surface area (TPSA) is 76.5 Å². The second kappa shape index (κ2) is 8.24. The molecule has 1 aliphatic carbocycles. The molecule has 0 aliphatic heterocycles. The van der Waals surface area contributed by atoms with Gasteiger partial charge < -0.3 is 9.84 Å². The van der Waals surface area contributed by atoms with Gasteiger partial charge in [0.05, 0.1) is 11.1 Å². The molecule has 2 aromatic carbocycles. The molecule has 2 unspecified atom stereocenters. The Balaban J connectivity index is 1.59. The van der Waals surface area contributed by atoms with E-state index in [4.69, 9.17) is 4.74 Å². The lowest BCUT2D eigenvalue weighted by Crippen LogP contribution is -2.38. The number of ether oxygens (including phenoxy) is 1. The number of para-hydroxylation sites is 1. The van der Waals surface area contributed by atoms with Crippen LogP contribution in [0, 0.1) is 19.8 Å². The van der Waals surface area contributed by atoms with E-state index in [1.54, 1.807) is 13.8 Å². The predicted molar refractivity (Wildman–Crippen MR) is 127 cm³/mol. The average molecular weight is 450 g/mol. The number of hydrogen-bond donors (Lipinski definition) is 1. The van der Waals surface area contributed by atoms with E-state index in [0.717, 1.165) is 39.0 Å². The third-order valence-electron chi connectivity index (χ3n) is 6.06. The average Bonchev–Trinajstić information content (AvgIpc) is 3.55. The molecule has 3 aromatic rings. The van der Waals surface area contributed by atoms with Crippen LogP contribution in [-0.4, -0.2) is 33.7 Å². The molecule has 166 valence electrons. The Morgan fingerprint density at radius 1 is 1.12 bits per heavy atom. The van der Waals surface area contributed by atoms with Gasteiger partial charge in [-0.3, -0.25) is 4.79 Å². The maximum atomic E-state index is 13.4. The fourth-order valence-electron chi connectivity index (χ4n) is 4.14. The van der Waals surface area contributed by atoms with Gasteiger partial charge in [-0.05, 0) is 75.1 Å². The number of aromatic nitrogens is 1. The molecule has 2 atom stereocenters. The van der Waals surface area contributed by atoms with Gasteiger partial charge in [-0.25, -0.2) is 9.78 Å². The van der Waals surface area contributed by atoms with Gasteiger partial charge in [0.1, 0.15) is 10.8 Å². The number of ketones is 1. The van der Waals surface area contributed by atoms with Crippen molar-refractivity contribution in [2.24, 2.45) is 5.92 Å². The zero-order valence-corrected chi connectivity index (χ0v) is 19.7. The second-order valence-corrected chi connectivity index (χ2v) is 9.75. The molecule has 0 spiro atoms. The molecule has 1 heterocycles. The highest BCUT2D eigenvalue weighted by Gasteiger charge is 2.45. The van der Waals surface area contributed by atoms with Crippen molar-refractivity contribution in [3.63, 3.8) is 0 Å². The fourth-order valence-corrected chi connectivity index (χ4v) is 4.71. The SMILES string of the molecule is CSc1nc2ccccc2cc1C(=O)C1CC1c1cc(C)c(OC(C)(C)C(=O)O)c(C)c1. The van der Waals surface area contributed by atoms with E-state index in [2.05, 4.69) is 4.98 Å². The minimum absolute atomic E-state index is 0.0649. The van der Waals surface area contributed by atoms with E-state index in [-0.39, 0.29) is 17.6 Å². The molecule has 0 bridgehead atoms. The van der Waals surface area contributed by atoms with E-state index >= 15 is 0 Å². The third-order valence-corrected chi connectivity index (χ3v) is 6.76. The molecule has 0 radical (unpaired) electrons. The van der Waals surface area contributed by atoms with Gasteiger partial charge in [0.15, 0.2) is 11.4 Å². The highest BCUT2D eigenvalue weighted by Crippen LogP contribution is 2.51. The molecule has 1 aromatic heterocycles. The normalized spacial score (nSPS) is 17.9. The van der Waals surface area contributed by atoms with Gasteiger partial charge in [0.25, 0.3) is 0 Å². The highest BCUT2D eigenvalue weighted by molar-refractivity contribution is 7.98. The van der Waals surface area contributed by atoms with E-state index in [1.165, 1.54) is 11.8 Å². The molecular formula is C26H27NO4S. The lowest BCUT2D eigenvalue weighted by atomic mass is 9.98. The number of aryl methyl sites for hydroxylation is 2. The summed E-state index contributed by atoms with van der Waals surface area (Å²) in [5.74, 6) is -0.192. The van der Waals surface area contributed by atoms with Crippen molar-refractivity contribution in [3.8, 4) is 5.75 Å². The maximum absolute atomic E-state index is 13.4. The molecule has 0 saturated heterocycles. The minimum atomic E-state index is -1.31. The fraction of sp³-hybridized carbons (Fsp3) is 0.346. The van der Waals surface area contributed by atoms with E-state index in [1.807, 2.05) is 62.6 Å². The van der Waals surface area contributed by atoms with E-state index < -0.39 is 11.6 Å². The van der Waals surface area contributed by atoms with Gasteiger partial charge >= 0.3 is 5.97 Å². The standard InChI is InChI=1S/C26H27NO4S/c1-14-10-17(11-15(2)23(14)31-26(3,4)25(29)30)18-13-19(18)22(28)20-12-16-8-6-7-9-21(16)27-24(20)32-5/h6-12,18-19H,13H2,1-5H3,(H,29,30). The van der Waals surface area contributed by atoms with Gasteiger partial charge in [-0.1, -0.05) is 30.3 Å². The first-order valence-corrected chi connectivity index (χ1v) is 11.9. The molecular weight excluding hydrogens is 422 g/mol. The summed E-state index contributed by atoms with van der Waals surface area (Å²) in [7, 11) is 0. The lowest BCUT2D eigenvalue weighted by molar-refractivity contribution is -0.152. The number of carbonyl (C=O) groups excluding carboxylic acids is 1. The van der Waals surface area contributed by atoms with Crippen LogP contribution in [0.3, 0.4) is 0 Å². The van der Waals surface area contributed by atoms with Crippen molar-refractivity contribution in [1.82, 2.24) is 4.98 Å². The summed E-state index contributed by atoms with van der Waals surface area (Å²) < 4.78 is 5.82. The quantitative estimate of drug-likeness (QED) is 0.363.